The topological polar surface area (TPSA) is 45.3 Å². The van der Waals surface area contributed by atoms with E-state index in [2.05, 4.69) is 4.98 Å². The van der Waals surface area contributed by atoms with E-state index >= 15 is 4.39 Å². The lowest BCUT2D eigenvalue weighted by atomic mass is 9.96. The maximum Gasteiger partial charge on any atom is 0.410 e. The predicted molar refractivity (Wildman–Crippen MR) is 98.0 cm³/mol. The van der Waals surface area contributed by atoms with Gasteiger partial charge < -0.3 is 14.6 Å². The molecule has 2 aromatic rings. The summed E-state index contributed by atoms with van der Waals surface area (Å²) in [5.74, 6) is -1.12. The zero-order chi connectivity index (χ0) is 19.1. The highest BCUT2D eigenvalue weighted by Gasteiger charge is 2.26. The summed E-state index contributed by atoms with van der Waals surface area (Å²) in [6.45, 7) is 7.99. The summed E-state index contributed by atoms with van der Waals surface area (Å²) in [5, 5.41) is 0.444. The van der Waals surface area contributed by atoms with Gasteiger partial charge in [-0.25, -0.2) is 13.6 Å². The fraction of sp³-hybridized carbons (Fsp3) is 0.450. The Morgan fingerprint density at radius 3 is 2.65 bits per heavy atom. The van der Waals surface area contributed by atoms with Crippen molar-refractivity contribution >= 4 is 22.6 Å². The summed E-state index contributed by atoms with van der Waals surface area (Å²) < 4.78 is 35.0. The van der Waals surface area contributed by atoms with Gasteiger partial charge in [0.1, 0.15) is 17.2 Å². The van der Waals surface area contributed by atoms with Crippen LogP contribution in [0.4, 0.5) is 13.6 Å². The molecule has 0 aliphatic carbocycles. The fourth-order valence-corrected chi connectivity index (χ4v) is 3.25. The molecule has 0 fully saturated rings. The molecule has 1 aromatic carbocycles. The minimum atomic E-state index is -0.587. The maximum absolute atomic E-state index is 15.1. The molecule has 0 spiro atoms. The third kappa shape index (κ3) is 3.45. The van der Waals surface area contributed by atoms with E-state index in [1.807, 2.05) is 6.92 Å². The lowest BCUT2D eigenvalue weighted by molar-refractivity contribution is 0.0270. The van der Waals surface area contributed by atoms with E-state index in [-0.39, 0.29) is 12.1 Å². The largest absolute Gasteiger partial charge is 0.444 e. The number of benzene rings is 1. The Morgan fingerprint density at radius 2 is 2.08 bits per heavy atom. The Kier molecular flexibility index (Phi) is 4.78. The number of aryl methyl sites for hydroxylation is 1. The summed E-state index contributed by atoms with van der Waals surface area (Å²) in [6, 6.07) is 1.34. The number of carbonyl (C=O) groups is 1. The molecule has 0 bridgehead atoms. The first-order valence-electron chi connectivity index (χ1n) is 8.86. The normalized spacial score (nSPS) is 15.3. The molecule has 0 saturated heterocycles. The highest BCUT2D eigenvalue weighted by atomic mass is 19.1. The van der Waals surface area contributed by atoms with Crippen molar-refractivity contribution in [1.29, 1.82) is 0 Å². The van der Waals surface area contributed by atoms with Crippen molar-refractivity contribution in [2.45, 2.75) is 46.1 Å². The molecule has 0 atom stereocenters. The average molecular weight is 362 g/mol. The van der Waals surface area contributed by atoms with Crippen LogP contribution in [0, 0.1) is 11.6 Å². The van der Waals surface area contributed by atoms with Crippen molar-refractivity contribution in [2.24, 2.45) is 0 Å². The number of hydrogen-bond acceptors (Lipinski definition) is 2. The van der Waals surface area contributed by atoms with Crippen molar-refractivity contribution in [3.63, 3.8) is 0 Å². The zero-order valence-corrected chi connectivity index (χ0v) is 15.6. The minimum absolute atomic E-state index is 0.00985. The molecule has 26 heavy (non-hydrogen) atoms. The summed E-state index contributed by atoms with van der Waals surface area (Å²) >= 11 is 0. The summed E-state index contributed by atoms with van der Waals surface area (Å²) in [6.07, 6.45) is 4.05. The van der Waals surface area contributed by atoms with E-state index in [1.165, 1.54) is 11.0 Å². The molecule has 1 N–H and O–H groups in total. The number of nitrogens with one attached hydrogen (secondary N) is 1. The van der Waals surface area contributed by atoms with E-state index in [0.717, 1.165) is 5.56 Å². The van der Waals surface area contributed by atoms with Crippen LogP contribution in [-0.2, 0) is 11.2 Å². The quantitative estimate of drug-likeness (QED) is 0.814. The van der Waals surface area contributed by atoms with Crippen molar-refractivity contribution in [1.82, 2.24) is 9.88 Å². The van der Waals surface area contributed by atoms with Crippen LogP contribution in [0.2, 0.25) is 0 Å². The van der Waals surface area contributed by atoms with Crippen molar-refractivity contribution in [3.05, 3.63) is 41.1 Å². The van der Waals surface area contributed by atoms with E-state index in [1.54, 1.807) is 33.0 Å². The molecule has 0 radical (unpaired) electrons. The molecule has 6 heteroatoms. The molecule has 0 saturated carbocycles. The number of hydrogen-bond donors (Lipinski definition) is 1. The lowest BCUT2D eigenvalue weighted by Crippen LogP contribution is -2.39. The second-order valence-corrected chi connectivity index (χ2v) is 7.54. The summed E-state index contributed by atoms with van der Waals surface area (Å²) in [5.41, 5.74) is 1.31. The molecule has 3 rings (SSSR count). The van der Waals surface area contributed by atoms with Gasteiger partial charge in [-0.2, -0.15) is 0 Å². The molecular formula is C20H24F2N2O2. The Balaban J connectivity index is 1.90. The van der Waals surface area contributed by atoms with E-state index in [9.17, 15) is 9.18 Å². The average Bonchev–Trinajstić information content (AvgIpc) is 2.97. The number of aromatic amines is 1. The van der Waals surface area contributed by atoms with Gasteiger partial charge in [0.05, 0.1) is 5.52 Å². The zero-order valence-electron chi connectivity index (χ0n) is 15.6. The van der Waals surface area contributed by atoms with Crippen molar-refractivity contribution < 1.29 is 18.3 Å². The molecule has 1 aliphatic rings. The number of H-pyrrole nitrogens is 1. The van der Waals surface area contributed by atoms with Gasteiger partial charge in [0, 0.05) is 30.2 Å². The van der Waals surface area contributed by atoms with Gasteiger partial charge in [-0.05, 0) is 50.8 Å². The SMILES string of the molecule is CCc1c[nH]c2cc(F)c(C3=CCN(C(=O)OC(C)(C)C)CC3)c(F)c12. The predicted octanol–water partition coefficient (Wildman–Crippen LogP) is 5.03. The van der Waals surface area contributed by atoms with Crippen molar-refractivity contribution in [3.8, 4) is 0 Å². The first-order chi connectivity index (χ1) is 12.2. The van der Waals surface area contributed by atoms with E-state index < -0.39 is 23.3 Å². The van der Waals surface area contributed by atoms with Crippen LogP contribution in [0.25, 0.3) is 16.5 Å². The smallest absolute Gasteiger partial charge is 0.410 e. The van der Waals surface area contributed by atoms with Crippen LogP contribution in [-0.4, -0.2) is 34.7 Å². The lowest BCUT2D eigenvalue weighted by Gasteiger charge is -2.29. The molecule has 1 amide bonds. The minimum Gasteiger partial charge on any atom is -0.444 e. The molecular weight excluding hydrogens is 338 g/mol. The van der Waals surface area contributed by atoms with Gasteiger partial charge in [0.25, 0.3) is 0 Å². The fourth-order valence-electron chi connectivity index (χ4n) is 3.25. The highest BCUT2D eigenvalue weighted by molar-refractivity contribution is 5.88. The van der Waals surface area contributed by atoms with Gasteiger partial charge in [-0.3, -0.25) is 0 Å². The second-order valence-electron chi connectivity index (χ2n) is 7.54. The number of aromatic nitrogens is 1. The van der Waals surface area contributed by atoms with Gasteiger partial charge in [-0.15, -0.1) is 0 Å². The molecule has 2 heterocycles. The Labute approximate surface area is 151 Å². The Morgan fingerprint density at radius 1 is 1.35 bits per heavy atom. The molecule has 1 aliphatic heterocycles. The monoisotopic (exact) mass is 362 g/mol. The van der Waals surface area contributed by atoms with Crippen LogP contribution in [0.5, 0.6) is 0 Å². The van der Waals surface area contributed by atoms with Crippen molar-refractivity contribution in [2.75, 3.05) is 13.1 Å². The summed E-state index contributed by atoms with van der Waals surface area (Å²) in [7, 11) is 0. The first kappa shape index (κ1) is 18.4. The number of ether oxygens (including phenoxy) is 1. The molecule has 4 nitrogen and oxygen atoms in total. The second kappa shape index (κ2) is 6.74. The van der Waals surface area contributed by atoms with Gasteiger partial charge in [-0.1, -0.05) is 13.0 Å². The molecule has 1 aromatic heterocycles. The molecule has 0 unspecified atom stereocenters. The van der Waals surface area contributed by atoms with Crippen LogP contribution in [0.3, 0.4) is 0 Å². The number of nitrogens with zero attached hydrogens (tertiary/aromatic N) is 1. The first-order valence-corrected chi connectivity index (χ1v) is 8.86. The van der Waals surface area contributed by atoms with Crippen LogP contribution in [0.15, 0.2) is 18.3 Å². The molecule has 140 valence electrons. The Bertz CT molecular complexity index is 878. The third-order valence-corrected chi connectivity index (χ3v) is 4.50. The van der Waals surface area contributed by atoms with E-state index in [0.29, 0.717) is 35.9 Å². The number of carbonyl (C=O) groups excluding carboxylic acids is 1. The van der Waals surface area contributed by atoms with Gasteiger partial charge in [0.2, 0.25) is 0 Å². The van der Waals surface area contributed by atoms with Gasteiger partial charge >= 0.3 is 6.09 Å². The van der Waals surface area contributed by atoms with Crippen LogP contribution < -0.4 is 0 Å². The number of rotatable bonds is 2. The van der Waals surface area contributed by atoms with Gasteiger partial charge in [0.15, 0.2) is 0 Å². The third-order valence-electron chi connectivity index (χ3n) is 4.50. The number of amides is 1. The van der Waals surface area contributed by atoms with E-state index in [4.69, 9.17) is 4.74 Å². The highest BCUT2D eigenvalue weighted by Crippen LogP contribution is 2.33. The number of halogens is 2. The summed E-state index contributed by atoms with van der Waals surface area (Å²) in [4.78, 5) is 16.6. The standard InChI is InChI=1S/C20H24F2N2O2/c1-5-12-11-23-15-10-14(21)16(18(22)17(12)15)13-6-8-24(9-7-13)19(25)26-20(2,3)4/h6,10-11,23H,5,7-9H2,1-4H3. The van der Waals surface area contributed by atoms with Crippen LogP contribution >= 0.6 is 0 Å². The Hall–Kier alpha value is -2.37. The maximum atomic E-state index is 15.1. The van der Waals surface area contributed by atoms with Crippen LogP contribution in [0.1, 0.15) is 45.2 Å². The number of fused-ring (bicyclic) bond motifs is 1.